The van der Waals surface area contributed by atoms with Crippen LogP contribution < -0.4 is 10.1 Å². The van der Waals surface area contributed by atoms with E-state index < -0.39 is 17.9 Å². The molecule has 156 valence electrons. The molecule has 0 radical (unpaired) electrons. The van der Waals surface area contributed by atoms with Gasteiger partial charge in [-0.2, -0.15) is 0 Å². The average Bonchev–Trinajstić information content (AvgIpc) is 2.96. The van der Waals surface area contributed by atoms with E-state index in [1.165, 1.54) is 25.3 Å². The van der Waals surface area contributed by atoms with Gasteiger partial charge in [0.2, 0.25) is 0 Å². The first kappa shape index (κ1) is 21.7. The van der Waals surface area contributed by atoms with Crippen molar-refractivity contribution in [1.29, 1.82) is 0 Å². The van der Waals surface area contributed by atoms with Crippen molar-refractivity contribution >= 4 is 47.2 Å². The second-order valence-electron chi connectivity index (χ2n) is 6.54. The van der Waals surface area contributed by atoms with Gasteiger partial charge in [0, 0.05) is 0 Å². The number of methoxy groups -OCH3 is 1. The number of halogens is 2. The van der Waals surface area contributed by atoms with Crippen LogP contribution in [0.1, 0.15) is 16.7 Å². The van der Waals surface area contributed by atoms with Gasteiger partial charge in [-0.15, -0.1) is 0 Å². The van der Waals surface area contributed by atoms with Crippen molar-refractivity contribution in [3.63, 3.8) is 0 Å². The van der Waals surface area contributed by atoms with E-state index in [0.717, 1.165) is 16.0 Å². The number of hydrogen-bond acceptors (Lipinski definition) is 5. The number of nitrogens with one attached hydrogen (secondary N) is 1. The van der Waals surface area contributed by atoms with Crippen LogP contribution in [-0.2, 0) is 20.9 Å². The van der Waals surface area contributed by atoms with Gasteiger partial charge in [0.1, 0.15) is 5.70 Å². The number of hydrogen-bond donors (Lipinski definition) is 1. The summed E-state index contributed by atoms with van der Waals surface area (Å²) in [7, 11) is 1.24. The third-order valence-corrected chi connectivity index (χ3v) is 4.88. The molecule has 0 spiro atoms. The molecule has 3 amide bonds. The van der Waals surface area contributed by atoms with Crippen molar-refractivity contribution in [3.8, 4) is 5.75 Å². The molecule has 0 saturated carbocycles. The molecule has 0 atom stereocenters. The molecule has 9 heteroatoms. The van der Waals surface area contributed by atoms with Gasteiger partial charge in [0.05, 0.1) is 23.7 Å². The molecule has 2 aromatic rings. The van der Waals surface area contributed by atoms with E-state index in [9.17, 15) is 14.4 Å². The molecule has 1 aliphatic heterocycles. The number of urea groups is 1. The number of rotatable bonds is 6. The summed E-state index contributed by atoms with van der Waals surface area (Å²) in [6.07, 6.45) is 1.47. The van der Waals surface area contributed by atoms with Crippen LogP contribution in [0.3, 0.4) is 0 Å². The molecule has 0 unspecified atom stereocenters. The molecule has 0 aliphatic carbocycles. The Morgan fingerprint density at radius 1 is 1.13 bits per heavy atom. The van der Waals surface area contributed by atoms with Crippen molar-refractivity contribution in [2.75, 3.05) is 13.7 Å². The first-order chi connectivity index (χ1) is 14.3. The number of benzene rings is 2. The van der Waals surface area contributed by atoms with Crippen LogP contribution in [0.4, 0.5) is 4.79 Å². The zero-order chi connectivity index (χ0) is 21.8. The molecule has 1 aliphatic rings. The largest absolute Gasteiger partial charge is 0.479 e. The Hall–Kier alpha value is -3.03. The Bertz CT molecular complexity index is 1010. The summed E-state index contributed by atoms with van der Waals surface area (Å²) >= 11 is 12.4. The van der Waals surface area contributed by atoms with Crippen LogP contribution >= 0.6 is 23.2 Å². The maximum Gasteiger partial charge on any atom is 0.343 e. The van der Waals surface area contributed by atoms with Crippen LogP contribution in [-0.4, -0.2) is 36.5 Å². The average molecular weight is 449 g/mol. The first-order valence-electron chi connectivity index (χ1n) is 8.87. The van der Waals surface area contributed by atoms with Gasteiger partial charge in [-0.25, -0.2) is 9.59 Å². The third kappa shape index (κ3) is 4.93. The number of amides is 3. The van der Waals surface area contributed by atoms with Gasteiger partial charge in [-0.3, -0.25) is 9.69 Å². The van der Waals surface area contributed by atoms with Crippen LogP contribution in [0.15, 0.2) is 42.1 Å². The first-order valence-corrected chi connectivity index (χ1v) is 9.63. The van der Waals surface area contributed by atoms with Gasteiger partial charge < -0.3 is 14.8 Å². The Labute approximate surface area is 183 Å². The second kappa shape index (κ2) is 9.19. The summed E-state index contributed by atoms with van der Waals surface area (Å²) in [4.78, 5) is 37.3. The molecule has 7 nitrogen and oxygen atoms in total. The van der Waals surface area contributed by atoms with E-state index in [1.54, 1.807) is 0 Å². The van der Waals surface area contributed by atoms with Crippen LogP contribution in [0.2, 0.25) is 10.0 Å². The lowest BCUT2D eigenvalue weighted by Crippen LogP contribution is -2.30. The minimum absolute atomic E-state index is 0.0995. The Morgan fingerprint density at radius 3 is 2.37 bits per heavy atom. The molecule has 2 aromatic carbocycles. The van der Waals surface area contributed by atoms with E-state index in [-0.39, 0.29) is 34.6 Å². The van der Waals surface area contributed by atoms with Crippen molar-refractivity contribution in [2.45, 2.75) is 13.5 Å². The number of aryl methyl sites for hydroxylation is 1. The molecule has 1 heterocycles. The lowest BCUT2D eigenvalue weighted by Gasteiger charge is -2.12. The summed E-state index contributed by atoms with van der Waals surface area (Å²) < 4.78 is 9.77. The minimum Gasteiger partial charge on any atom is -0.479 e. The summed E-state index contributed by atoms with van der Waals surface area (Å²) in [5.74, 6) is -0.922. The number of carbonyl (C=O) groups excluding carboxylic acids is 3. The SMILES string of the molecule is COC(=O)COc1c(Cl)cc(/C=C2/NC(=O)N(Cc3ccc(C)cc3)C2=O)cc1Cl. The van der Waals surface area contributed by atoms with Crippen LogP contribution in [0.5, 0.6) is 5.75 Å². The molecule has 3 rings (SSSR count). The summed E-state index contributed by atoms with van der Waals surface area (Å²) in [5, 5.41) is 2.84. The monoisotopic (exact) mass is 448 g/mol. The number of esters is 1. The number of carbonyl (C=O) groups is 3. The fraction of sp³-hybridized carbons (Fsp3) is 0.190. The van der Waals surface area contributed by atoms with Crippen LogP contribution in [0.25, 0.3) is 6.08 Å². The van der Waals surface area contributed by atoms with Gasteiger partial charge in [-0.1, -0.05) is 53.0 Å². The smallest absolute Gasteiger partial charge is 0.343 e. The fourth-order valence-corrected chi connectivity index (χ4v) is 3.36. The van der Waals surface area contributed by atoms with Gasteiger partial charge in [-0.05, 0) is 36.3 Å². The van der Waals surface area contributed by atoms with Gasteiger partial charge in [0.15, 0.2) is 12.4 Å². The molecule has 30 heavy (non-hydrogen) atoms. The Kier molecular flexibility index (Phi) is 6.64. The van der Waals surface area contributed by atoms with Crippen LogP contribution in [0, 0.1) is 6.92 Å². The fourth-order valence-electron chi connectivity index (χ4n) is 2.75. The minimum atomic E-state index is -0.582. The zero-order valence-electron chi connectivity index (χ0n) is 16.2. The molecule has 0 bridgehead atoms. The van der Waals surface area contributed by atoms with Gasteiger partial charge in [0.25, 0.3) is 5.91 Å². The summed E-state index contributed by atoms with van der Waals surface area (Å²) in [6, 6.07) is 10.1. The van der Waals surface area contributed by atoms with Crippen molar-refractivity contribution < 1.29 is 23.9 Å². The standard InChI is InChI=1S/C21H18Cl2N2O5/c1-12-3-5-13(6-4-12)10-25-20(27)17(24-21(25)28)9-14-7-15(22)19(16(23)8-14)30-11-18(26)29-2/h3-9H,10-11H2,1-2H3,(H,24,28)/b17-9+. The molecule has 1 saturated heterocycles. The third-order valence-electron chi connectivity index (χ3n) is 4.32. The maximum atomic E-state index is 12.7. The lowest BCUT2D eigenvalue weighted by molar-refractivity contribution is -0.142. The Morgan fingerprint density at radius 2 is 1.77 bits per heavy atom. The number of ether oxygens (including phenoxy) is 2. The van der Waals surface area contributed by atoms with E-state index in [0.29, 0.717) is 5.56 Å². The Balaban J connectivity index is 1.78. The van der Waals surface area contributed by atoms with E-state index in [2.05, 4.69) is 10.1 Å². The summed E-state index contributed by atoms with van der Waals surface area (Å²) in [5.41, 5.74) is 2.51. The second-order valence-corrected chi connectivity index (χ2v) is 7.36. The van der Waals surface area contributed by atoms with Crippen molar-refractivity contribution in [2.24, 2.45) is 0 Å². The topological polar surface area (TPSA) is 84.9 Å². The van der Waals surface area contributed by atoms with E-state index in [4.69, 9.17) is 27.9 Å². The van der Waals surface area contributed by atoms with E-state index >= 15 is 0 Å². The molecular formula is C21H18Cl2N2O5. The summed E-state index contributed by atoms with van der Waals surface area (Å²) in [6.45, 7) is 1.77. The highest BCUT2D eigenvalue weighted by atomic mass is 35.5. The molecule has 1 fully saturated rings. The lowest BCUT2D eigenvalue weighted by atomic mass is 10.1. The van der Waals surface area contributed by atoms with E-state index in [1.807, 2.05) is 31.2 Å². The highest BCUT2D eigenvalue weighted by Gasteiger charge is 2.33. The number of nitrogens with zero attached hydrogens (tertiary/aromatic N) is 1. The predicted octanol–water partition coefficient (Wildman–Crippen LogP) is 3.95. The van der Waals surface area contributed by atoms with Crippen molar-refractivity contribution in [1.82, 2.24) is 10.2 Å². The number of imide groups is 1. The molecule has 0 aromatic heterocycles. The quantitative estimate of drug-likeness (QED) is 0.410. The molecule has 1 N–H and O–H groups in total. The highest BCUT2D eigenvalue weighted by molar-refractivity contribution is 6.37. The van der Waals surface area contributed by atoms with Gasteiger partial charge >= 0.3 is 12.0 Å². The normalized spacial score (nSPS) is 14.8. The zero-order valence-corrected chi connectivity index (χ0v) is 17.7. The maximum absolute atomic E-state index is 12.7. The predicted molar refractivity (Wildman–Crippen MR) is 112 cm³/mol. The van der Waals surface area contributed by atoms with Crippen molar-refractivity contribution in [3.05, 3.63) is 68.8 Å². The highest BCUT2D eigenvalue weighted by Crippen LogP contribution is 2.35. The molecular weight excluding hydrogens is 431 g/mol.